The van der Waals surface area contributed by atoms with Crippen LogP contribution in [-0.2, 0) is 14.3 Å². The quantitative estimate of drug-likeness (QED) is 0.501. The van der Waals surface area contributed by atoms with E-state index >= 15 is 0 Å². The van der Waals surface area contributed by atoms with Crippen molar-refractivity contribution in [2.75, 3.05) is 6.61 Å². The van der Waals surface area contributed by atoms with E-state index in [-0.39, 0.29) is 12.2 Å². The van der Waals surface area contributed by atoms with Crippen LogP contribution in [0.1, 0.15) is 24.2 Å². The molecule has 0 saturated heterocycles. The Morgan fingerprint density at radius 2 is 2.09 bits per heavy atom. The fourth-order valence-corrected chi connectivity index (χ4v) is 2.16. The molecule has 0 bridgehead atoms. The van der Waals surface area contributed by atoms with Crippen LogP contribution in [0.4, 0.5) is 0 Å². The monoisotopic (exact) mass is 322 g/mol. The van der Waals surface area contributed by atoms with Crippen LogP contribution in [-0.4, -0.2) is 35.3 Å². The van der Waals surface area contributed by atoms with E-state index in [0.29, 0.717) is 15.9 Å². The molecule has 1 aromatic carbocycles. The van der Waals surface area contributed by atoms with Gasteiger partial charge in [-0.25, -0.2) is 4.79 Å². The minimum absolute atomic E-state index is 0.200. The van der Waals surface area contributed by atoms with Crippen molar-refractivity contribution >= 4 is 40.2 Å². The lowest BCUT2D eigenvalue weighted by molar-refractivity contribution is -0.146. The number of ether oxygens (including phenoxy) is 1. The number of carbonyl (C=O) groups is 3. The molecule has 2 aromatic rings. The molecule has 22 heavy (non-hydrogen) atoms. The molecule has 0 fully saturated rings. The van der Waals surface area contributed by atoms with E-state index in [2.05, 4.69) is 10.3 Å². The number of ketones is 1. The number of H-pyrrole nitrogens is 1. The van der Waals surface area contributed by atoms with Crippen molar-refractivity contribution in [3.63, 3.8) is 0 Å². The van der Waals surface area contributed by atoms with Gasteiger partial charge in [-0.1, -0.05) is 11.6 Å². The van der Waals surface area contributed by atoms with Gasteiger partial charge in [-0.05, 0) is 32.0 Å². The topological polar surface area (TPSA) is 88.3 Å². The van der Waals surface area contributed by atoms with Gasteiger partial charge >= 0.3 is 5.97 Å². The number of halogens is 1. The van der Waals surface area contributed by atoms with Crippen LogP contribution in [0.25, 0.3) is 10.9 Å². The highest BCUT2D eigenvalue weighted by atomic mass is 35.5. The molecule has 0 saturated carbocycles. The van der Waals surface area contributed by atoms with Crippen molar-refractivity contribution < 1.29 is 19.1 Å². The second kappa shape index (κ2) is 6.62. The molecule has 0 aliphatic carbocycles. The first-order valence-electron chi connectivity index (χ1n) is 6.72. The van der Waals surface area contributed by atoms with Gasteiger partial charge in [0.1, 0.15) is 6.04 Å². The van der Waals surface area contributed by atoms with Crippen molar-refractivity contribution in [3.8, 4) is 0 Å². The average molecular weight is 323 g/mol. The van der Waals surface area contributed by atoms with Crippen molar-refractivity contribution in [2.24, 2.45) is 0 Å². The zero-order valence-electron chi connectivity index (χ0n) is 12.1. The smallest absolute Gasteiger partial charge is 0.328 e. The highest BCUT2D eigenvalue weighted by Gasteiger charge is 2.24. The fraction of sp³-hybridized carbons (Fsp3) is 0.267. The number of nitrogens with one attached hydrogen (secondary N) is 2. The third-order valence-electron chi connectivity index (χ3n) is 3.08. The first kappa shape index (κ1) is 16.0. The minimum atomic E-state index is -0.898. The van der Waals surface area contributed by atoms with Gasteiger partial charge in [0.15, 0.2) is 0 Å². The number of carbonyl (C=O) groups excluding carboxylic acids is 3. The molecule has 1 aromatic heterocycles. The summed E-state index contributed by atoms with van der Waals surface area (Å²) < 4.78 is 4.77. The van der Waals surface area contributed by atoms with E-state index in [1.807, 2.05) is 0 Å². The summed E-state index contributed by atoms with van der Waals surface area (Å²) in [6, 6.07) is 4.10. The van der Waals surface area contributed by atoms with E-state index in [1.54, 1.807) is 25.1 Å². The normalized spacial score (nSPS) is 12.0. The summed E-state index contributed by atoms with van der Waals surface area (Å²) in [5.74, 6) is -2.21. The van der Waals surface area contributed by atoms with Gasteiger partial charge in [0.25, 0.3) is 11.7 Å². The maximum absolute atomic E-state index is 12.2. The van der Waals surface area contributed by atoms with Crippen LogP contribution in [0.3, 0.4) is 0 Å². The molecular weight excluding hydrogens is 308 g/mol. The van der Waals surface area contributed by atoms with Crippen LogP contribution in [0.15, 0.2) is 24.4 Å². The molecule has 2 N–H and O–H groups in total. The van der Waals surface area contributed by atoms with Gasteiger partial charge in [-0.15, -0.1) is 0 Å². The Morgan fingerprint density at radius 1 is 1.36 bits per heavy atom. The molecule has 1 amide bonds. The highest BCUT2D eigenvalue weighted by molar-refractivity contribution is 6.45. The number of hydrogen-bond acceptors (Lipinski definition) is 4. The number of hydrogen-bond donors (Lipinski definition) is 2. The molecule has 1 atom stereocenters. The number of Topliss-reactive ketones (excluding diaryl/α,β-unsaturated/α-hetero) is 1. The maximum Gasteiger partial charge on any atom is 0.328 e. The largest absolute Gasteiger partial charge is 0.464 e. The van der Waals surface area contributed by atoms with E-state index < -0.39 is 23.7 Å². The molecule has 1 unspecified atom stereocenters. The van der Waals surface area contributed by atoms with Crippen molar-refractivity contribution in [3.05, 3.63) is 35.0 Å². The Balaban J connectivity index is 2.18. The minimum Gasteiger partial charge on any atom is -0.464 e. The Kier molecular flexibility index (Phi) is 4.82. The van der Waals surface area contributed by atoms with Crippen LogP contribution in [0.5, 0.6) is 0 Å². The zero-order valence-corrected chi connectivity index (χ0v) is 12.9. The Labute approximate surface area is 131 Å². The molecule has 0 aliphatic rings. The Morgan fingerprint density at radius 3 is 2.77 bits per heavy atom. The second-order valence-corrected chi connectivity index (χ2v) is 5.11. The van der Waals surface area contributed by atoms with Gasteiger partial charge in [0, 0.05) is 22.1 Å². The second-order valence-electron chi connectivity index (χ2n) is 4.67. The van der Waals surface area contributed by atoms with E-state index in [1.165, 1.54) is 13.1 Å². The number of aromatic nitrogens is 1. The standard InChI is InChI=1S/C15H15ClN2O4/c1-3-22-15(21)8(2)18-14(20)13(19)11-7-17-12-5-4-9(16)6-10(11)12/h4-8,17H,3H2,1-2H3,(H,18,20). The average Bonchev–Trinajstić information content (AvgIpc) is 2.89. The van der Waals surface area contributed by atoms with Gasteiger partial charge in [0.05, 0.1) is 12.2 Å². The summed E-state index contributed by atoms with van der Waals surface area (Å²) in [5.41, 5.74) is 0.894. The summed E-state index contributed by atoms with van der Waals surface area (Å²) in [6.07, 6.45) is 1.44. The number of esters is 1. The molecular formula is C15H15ClN2O4. The van der Waals surface area contributed by atoms with Crippen molar-refractivity contribution in [1.29, 1.82) is 0 Å². The van der Waals surface area contributed by atoms with Gasteiger partial charge in [-0.2, -0.15) is 0 Å². The number of benzene rings is 1. The lowest BCUT2D eigenvalue weighted by Gasteiger charge is -2.11. The molecule has 2 rings (SSSR count). The van der Waals surface area contributed by atoms with Crippen LogP contribution in [0.2, 0.25) is 5.02 Å². The van der Waals surface area contributed by atoms with Crippen LogP contribution in [0, 0.1) is 0 Å². The summed E-state index contributed by atoms with van der Waals surface area (Å²) in [7, 11) is 0. The number of amides is 1. The predicted octanol–water partition coefficient (Wildman–Crippen LogP) is 2.07. The number of rotatable bonds is 5. The molecule has 0 spiro atoms. The van der Waals surface area contributed by atoms with Gasteiger partial charge < -0.3 is 15.0 Å². The molecule has 1 heterocycles. The van der Waals surface area contributed by atoms with Gasteiger partial charge in [-0.3, -0.25) is 9.59 Å². The Hall–Kier alpha value is -2.34. The molecule has 0 aliphatic heterocycles. The molecule has 7 heteroatoms. The van der Waals surface area contributed by atoms with Crippen LogP contribution < -0.4 is 5.32 Å². The maximum atomic E-state index is 12.2. The van der Waals surface area contributed by atoms with E-state index in [9.17, 15) is 14.4 Å². The molecule has 6 nitrogen and oxygen atoms in total. The third-order valence-corrected chi connectivity index (χ3v) is 3.32. The first-order valence-corrected chi connectivity index (χ1v) is 7.10. The number of aromatic amines is 1. The third kappa shape index (κ3) is 3.28. The van der Waals surface area contributed by atoms with Crippen molar-refractivity contribution in [2.45, 2.75) is 19.9 Å². The Bertz CT molecular complexity index is 738. The SMILES string of the molecule is CCOC(=O)C(C)NC(=O)C(=O)c1c[nH]c2ccc(Cl)cc12. The zero-order chi connectivity index (χ0) is 16.3. The lowest BCUT2D eigenvalue weighted by Crippen LogP contribution is -2.42. The summed E-state index contributed by atoms with van der Waals surface area (Å²) in [6.45, 7) is 3.32. The lowest BCUT2D eigenvalue weighted by atomic mass is 10.1. The highest BCUT2D eigenvalue weighted by Crippen LogP contribution is 2.22. The van der Waals surface area contributed by atoms with E-state index in [4.69, 9.17) is 16.3 Å². The summed E-state index contributed by atoms with van der Waals surface area (Å²) in [5, 5.41) is 3.33. The molecule has 116 valence electrons. The fourth-order valence-electron chi connectivity index (χ4n) is 1.99. The first-order chi connectivity index (χ1) is 10.4. The van der Waals surface area contributed by atoms with Crippen molar-refractivity contribution in [1.82, 2.24) is 10.3 Å². The molecule has 0 radical (unpaired) electrons. The number of fused-ring (bicyclic) bond motifs is 1. The summed E-state index contributed by atoms with van der Waals surface area (Å²) in [4.78, 5) is 38.6. The predicted molar refractivity (Wildman–Crippen MR) is 81.9 cm³/mol. The van der Waals surface area contributed by atoms with E-state index in [0.717, 1.165) is 0 Å². The van der Waals surface area contributed by atoms with Gasteiger partial charge in [0.2, 0.25) is 0 Å². The van der Waals surface area contributed by atoms with Crippen LogP contribution >= 0.6 is 11.6 Å². The summed E-state index contributed by atoms with van der Waals surface area (Å²) >= 11 is 5.91.